The quantitative estimate of drug-likeness (QED) is 0.490. The number of nitrogens with zero attached hydrogens (tertiary/aromatic N) is 1. The molecule has 0 amide bonds. The molecule has 0 atom stereocenters. The first-order valence-corrected chi connectivity index (χ1v) is 7.19. The van der Waals surface area contributed by atoms with Crippen LogP contribution in [0, 0.1) is 0 Å². The zero-order valence-electron chi connectivity index (χ0n) is 11.4. The largest absolute Gasteiger partial charge is 0.772 e. The van der Waals surface area contributed by atoms with Crippen LogP contribution in [0.2, 0.25) is 0 Å². The fourth-order valence-corrected chi connectivity index (χ4v) is 2.57. The minimum atomic E-state index is -1.08. The third kappa shape index (κ3) is 9.26. The molecule has 4 heteroatoms. The van der Waals surface area contributed by atoms with Crippen molar-refractivity contribution in [3.8, 4) is 0 Å². The Balaban J connectivity index is 0. The highest BCUT2D eigenvalue weighted by molar-refractivity contribution is 7.14. The Morgan fingerprint density at radius 2 is 1.00 bits per heavy atom. The van der Waals surface area contributed by atoms with Crippen molar-refractivity contribution in [1.82, 2.24) is 0 Å². The highest BCUT2D eigenvalue weighted by Crippen LogP contribution is 2.12. The van der Waals surface area contributed by atoms with Gasteiger partial charge >= 0.3 is 0 Å². The highest BCUT2D eigenvalue weighted by Gasteiger charge is 2.22. The number of rotatable bonds is 8. The van der Waals surface area contributed by atoms with E-state index in [4.69, 9.17) is 9.46 Å². The third-order valence-electron chi connectivity index (χ3n) is 2.79. The van der Waals surface area contributed by atoms with Gasteiger partial charge in [0.15, 0.2) is 0 Å². The molecule has 0 N–H and O–H groups in total. The summed E-state index contributed by atoms with van der Waals surface area (Å²) >= 11 is 0. The second-order valence-corrected chi connectivity index (χ2v) is 4.46. The molecular formula is C12H28NO2P. The van der Waals surface area contributed by atoms with Gasteiger partial charge in [0.2, 0.25) is 0 Å². The van der Waals surface area contributed by atoms with E-state index in [1.54, 1.807) is 0 Å². The molecule has 0 radical (unpaired) electrons. The summed E-state index contributed by atoms with van der Waals surface area (Å²) in [4.78, 5) is 8.35. The number of hydrogen-bond acceptors (Lipinski definition) is 2. The Hall–Kier alpha value is 0.0200. The lowest BCUT2D eigenvalue weighted by molar-refractivity contribution is -0.928. The lowest BCUT2D eigenvalue weighted by Gasteiger charge is -2.38. The summed E-state index contributed by atoms with van der Waals surface area (Å²) in [6.45, 7) is 14.8. The highest BCUT2D eigenvalue weighted by atomic mass is 31.1. The second kappa shape index (κ2) is 13.1. The maximum Gasteiger partial charge on any atom is 0.0783 e. The molecule has 0 heterocycles. The van der Waals surface area contributed by atoms with Gasteiger partial charge in [0.05, 0.1) is 34.9 Å². The Labute approximate surface area is 103 Å². The van der Waals surface area contributed by atoms with E-state index in [2.05, 4.69) is 27.7 Å². The average Bonchev–Trinajstić information content (AvgIpc) is 2.20. The first kappa shape index (κ1) is 18.4. The SMILES string of the molecule is CCC[N+](CCC)(CCC)CCC.O=P[O-]. The maximum atomic E-state index is 8.35. The molecule has 3 nitrogen and oxygen atoms in total. The van der Waals surface area contributed by atoms with Gasteiger partial charge in [-0.15, -0.1) is 0 Å². The fraction of sp³-hybridized carbons (Fsp3) is 1.00. The molecule has 0 saturated heterocycles. The molecule has 0 bridgehead atoms. The molecule has 0 aromatic heterocycles. The van der Waals surface area contributed by atoms with Gasteiger partial charge in [-0.25, -0.2) is 0 Å². The van der Waals surface area contributed by atoms with Crippen LogP contribution in [0.1, 0.15) is 53.4 Å². The lowest BCUT2D eigenvalue weighted by Crippen LogP contribution is -2.50. The van der Waals surface area contributed by atoms with Crippen LogP contribution >= 0.6 is 8.69 Å². The van der Waals surface area contributed by atoms with Gasteiger partial charge in [-0.05, 0) is 25.7 Å². The maximum absolute atomic E-state index is 8.35. The van der Waals surface area contributed by atoms with Crippen LogP contribution in [-0.4, -0.2) is 30.7 Å². The molecule has 0 saturated carbocycles. The summed E-state index contributed by atoms with van der Waals surface area (Å²) in [6.07, 6.45) is 5.33. The summed E-state index contributed by atoms with van der Waals surface area (Å²) < 4.78 is 9.72. The van der Waals surface area contributed by atoms with Crippen molar-refractivity contribution in [3.05, 3.63) is 0 Å². The Morgan fingerprint density at radius 3 is 1.12 bits per heavy atom. The smallest absolute Gasteiger partial charge is 0.0783 e. The van der Waals surface area contributed by atoms with Gasteiger partial charge in [-0.1, -0.05) is 27.7 Å². The molecular weight excluding hydrogens is 221 g/mol. The molecule has 0 rings (SSSR count). The monoisotopic (exact) mass is 249 g/mol. The molecule has 0 unspecified atom stereocenters. The summed E-state index contributed by atoms with van der Waals surface area (Å²) in [5, 5.41) is 0. The fourth-order valence-electron chi connectivity index (χ4n) is 2.57. The summed E-state index contributed by atoms with van der Waals surface area (Å²) in [5.74, 6) is 0. The van der Waals surface area contributed by atoms with E-state index >= 15 is 0 Å². The molecule has 0 aliphatic rings. The molecule has 0 spiro atoms. The van der Waals surface area contributed by atoms with Crippen LogP contribution in [0.25, 0.3) is 0 Å². The molecule has 0 aliphatic heterocycles. The van der Waals surface area contributed by atoms with E-state index in [1.165, 1.54) is 56.3 Å². The van der Waals surface area contributed by atoms with Gasteiger partial charge in [-0.3, -0.25) is 4.57 Å². The minimum absolute atomic E-state index is 1.08. The zero-order chi connectivity index (χ0) is 12.9. The van der Waals surface area contributed by atoms with Crippen molar-refractivity contribution in [2.45, 2.75) is 53.4 Å². The molecule has 16 heavy (non-hydrogen) atoms. The van der Waals surface area contributed by atoms with Crippen molar-refractivity contribution in [3.63, 3.8) is 0 Å². The molecule has 0 aromatic rings. The number of hydrogen-bond donors (Lipinski definition) is 0. The predicted octanol–water partition coefficient (Wildman–Crippen LogP) is 3.00. The Morgan fingerprint density at radius 1 is 0.812 bits per heavy atom. The Kier molecular flexibility index (Phi) is 15.0. The van der Waals surface area contributed by atoms with Crippen molar-refractivity contribution in [2.24, 2.45) is 0 Å². The van der Waals surface area contributed by atoms with Crippen LogP contribution in [0.5, 0.6) is 0 Å². The first-order chi connectivity index (χ1) is 7.66. The van der Waals surface area contributed by atoms with E-state index in [0.29, 0.717) is 0 Å². The zero-order valence-corrected chi connectivity index (χ0v) is 12.3. The first-order valence-electron chi connectivity index (χ1n) is 6.46. The van der Waals surface area contributed by atoms with Gasteiger partial charge in [0.25, 0.3) is 0 Å². The summed E-state index contributed by atoms with van der Waals surface area (Å²) in [6, 6.07) is 0. The van der Waals surface area contributed by atoms with Crippen molar-refractivity contribution < 1.29 is 13.9 Å². The van der Waals surface area contributed by atoms with Gasteiger partial charge in [0, 0.05) is 0 Å². The van der Waals surface area contributed by atoms with E-state index in [9.17, 15) is 0 Å². The van der Waals surface area contributed by atoms with Crippen LogP contribution < -0.4 is 4.89 Å². The topological polar surface area (TPSA) is 40.1 Å². The molecule has 98 valence electrons. The van der Waals surface area contributed by atoms with E-state index < -0.39 is 8.69 Å². The van der Waals surface area contributed by atoms with Crippen LogP contribution in [0.15, 0.2) is 0 Å². The van der Waals surface area contributed by atoms with E-state index in [1.807, 2.05) is 0 Å². The van der Waals surface area contributed by atoms with Crippen molar-refractivity contribution in [2.75, 3.05) is 26.2 Å². The van der Waals surface area contributed by atoms with Gasteiger partial charge < -0.3 is 9.38 Å². The molecule has 0 aromatic carbocycles. The second-order valence-electron chi connectivity index (χ2n) is 4.31. The Bertz CT molecular complexity index is 124. The summed E-state index contributed by atoms with van der Waals surface area (Å²) in [7, 11) is -1.08. The third-order valence-corrected chi connectivity index (χ3v) is 2.79. The summed E-state index contributed by atoms with van der Waals surface area (Å²) in [5.41, 5.74) is 0. The van der Waals surface area contributed by atoms with E-state index in [-0.39, 0.29) is 0 Å². The lowest BCUT2D eigenvalue weighted by atomic mass is 10.2. The predicted molar refractivity (Wildman–Crippen MR) is 68.5 cm³/mol. The average molecular weight is 249 g/mol. The normalized spacial score (nSPS) is 11.1. The van der Waals surface area contributed by atoms with Crippen LogP contribution in [0.3, 0.4) is 0 Å². The van der Waals surface area contributed by atoms with Gasteiger partial charge in [0.1, 0.15) is 0 Å². The van der Waals surface area contributed by atoms with Crippen LogP contribution in [0.4, 0.5) is 0 Å². The molecule has 0 aliphatic carbocycles. The van der Waals surface area contributed by atoms with E-state index in [0.717, 1.165) is 0 Å². The van der Waals surface area contributed by atoms with Crippen molar-refractivity contribution in [1.29, 1.82) is 0 Å². The number of quaternary nitrogens is 1. The van der Waals surface area contributed by atoms with Crippen molar-refractivity contribution >= 4 is 8.69 Å². The van der Waals surface area contributed by atoms with Gasteiger partial charge in [-0.2, -0.15) is 0 Å². The minimum Gasteiger partial charge on any atom is -0.772 e. The molecule has 0 fully saturated rings. The standard InChI is InChI=1S/C12H28N.HO2P/c1-5-9-13(10-6-2,11-7-3)12-8-4;1-3-2/h5-12H2,1-4H3;(H,1,2)/q+1;/p-1. The van der Waals surface area contributed by atoms with Crippen LogP contribution in [-0.2, 0) is 4.57 Å².